The van der Waals surface area contributed by atoms with Gasteiger partial charge in [-0.3, -0.25) is 14.6 Å². The minimum absolute atomic E-state index is 0.00703. The van der Waals surface area contributed by atoms with Crippen molar-refractivity contribution >= 4 is 22.8 Å². The Hall–Kier alpha value is -3.28. The Morgan fingerprint density at radius 2 is 1.41 bits per heavy atom. The van der Waals surface area contributed by atoms with Crippen LogP contribution in [0.3, 0.4) is 0 Å². The molecule has 0 radical (unpaired) electrons. The van der Waals surface area contributed by atoms with Crippen LogP contribution >= 0.6 is 0 Å². The lowest BCUT2D eigenvalue weighted by molar-refractivity contribution is 0.0532. The predicted molar refractivity (Wildman–Crippen MR) is 103 cm³/mol. The Balaban J connectivity index is 1.42. The van der Waals surface area contributed by atoms with Crippen molar-refractivity contribution in [3.63, 3.8) is 0 Å². The molecular weight excluding hydrogens is 340 g/mol. The lowest BCUT2D eigenvalue weighted by Gasteiger charge is -2.34. The molecule has 0 aliphatic carbocycles. The fourth-order valence-electron chi connectivity index (χ4n) is 3.21. The average Bonchev–Trinajstić information content (AvgIpc) is 2.73. The summed E-state index contributed by atoms with van der Waals surface area (Å²) in [7, 11) is 0. The second-order valence-electron chi connectivity index (χ2n) is 6.69. The number of carbonyl (C=O) groups excluding carboxylic acids is 2. The molecule has 0 atom stereocenters. The standard InChI is InChI=1S/C21H20N4O2/c1-15-6-8-16(9-7-15)20(26)24-10-12-25(13-11-24)21(27)19-14-22-17-4-2-3-5-18(17)23-19/h2-9,14H,10-13H2,1H3. The molecule has 1 fully saturated rings. The lowest BCUT2D eigenvalue weighted by atomic mass is 10.1. The molecule has 1 aliphatic heterocycles. The minimum atomic E-state index is -0.143. The number of para-hydroxylation sites is 2. The molecule has 2 amide bonds. The minimum Gasteiger partial charge on any atom is -0.335 e. The summed E-state index contributed by atoms with van der Waals surface area (Å²) in [6.45, 7) is 4.00. The highest BCUT2D eigenvalue weighted by atomic mass is 16.2. The summed E-state index contributed by atoms with van der Waals surface area (Å²) < 4.78 is 0. The molecule has 0 saturated carbocycles. The van der Waals surface area contributed by atoms with Crippen LogP contribution in [0.25, 0.3) is 11.0 Å². The molecule has 27 heavy (non-hydrogen) atoms. The Morgan fingerprint density at radius 1 is 0.815 bits per heavy atom. The van der Waals surface area contributed by atoms with Crippen LogP contribution in [0.4, 0.5) is 0 Å². The van der Waals surface area contributed by atoms with Crippen LogP contribution in [0.15, 0.2) is 54.7 Å². The molecule has 3 aromatic rings. The van der Waals surface area contributed by atoms with E-state index in [9.17, 15) is 9.59 Å². The lowest BCUT2D eigenvalue weighted by Crippen LogP contribution is -2.50. The average molecular weight is 360 g/mol. The number of rotatable bonds is 2. The molecule has 1 aliphatic rings. The van der Waals surface area contributed by atoms with E-state index < -0.39 is 0 Å². The number of aromatic nitrogens is 2. The highest BCUT2D eigenvalue weighted by Crippen LogP contribution is 2.14. The molecule has 6 heteroatoms. The quantitative estimate of drug-likeness (QED) is 0.704. The number of fused-ring (bicyclic) bond motifs is 1. The molecule has 0 unspecified atom stereocenters. The van der Waals surface area contributed by atoms with Crippen LogP contribution in [-0.4, -0.2) is 57.8 Å². The molecule has 0 spiro atoms. The maximum Gasteiger partial charge on any atom is 0.274 e. The van der Waals surface area contributed by atoms with Crippen molar-refractivity contribution in [1.29, 1.82) is 0 Å². The summed E-state index contributed by atoms with van der Waals surface area (Å²) in [4.78, 5) is 37.6. The fraction of sp³-hybridized carbons (Fsp3) is 0.238. The summed E-state index contributed by atoms with van der Waals surface area (Å²) in [5.74, 6) is -0.136. The first-order chi connectivity index (χ1) is 13.1. The Labute approximate surface area is 157 Å². The second-order valence-corrected chi connectivity index (χ2v) is 6.69. The van der Waals surface area contributed by atoms with Crippen LogP contribution < -0.4 is 0 Å². The topological polar surface area (TPSA) is 66.4 Å². The summed E-state index contributed by atoms with van der Waals surface area (Å²) in [5.41, 5.74) is 3.62. The summed E-state index contributed by atoms with van der Waals surface area (Å²) in [6.07, 6.45) is 1.52. The Bertz CT molecular complexity index is 992. The van der Waals surface area contributed by atoms with Crippen molar-refractivity contribution in [2.75, 3.05) is 26.2 Å². The van der Waals surface area contributed by atoms with Crippen LogP contribution in [0.2, 0.25) is 0 Å². The van der Waals surface area contributed by atoms with E-state index in [1.54, 1.807) is 9.80 Å². The molecule has 1 aromatic heterocycles. The molecular formula is C21H20N4O2. The van der Waals surface area contributed by atoms with E-state index in [0.717, 1.165) is 11.1 Å². The van der Waals surface area contributed by atoms with Gasteiger partial charge in [-0.15, -0.1) is 0 Å². The van der Waals surface area contributed by atoms with Crippen LogP contribution in [0.5, 0.6) is 0 Å². The smallest absolute Gasteiger partial charge is 0.274 e. The van der Waals surface area contributed by atoms with Gasteiger partial charge in [-0.2, -0.15) is 0 Å². The molecule has 2 heterocycles. The summed E-state index contributed by atoms with van der Waals surface area (Å²) in [5, 5.41) is 0. The van der Waals surface area contributed by atoms with E-state index in [1.165, 1.54) is 6.20 Å². The molecule has 1 saturated heterocycles. The predicted octanol–water partition coefficient (Wildman–Crippen LogP) is 2.54. The maximum atomic E-state index is 12.7. The van der Waals surface area contributed by atoms with Crippen molar-refractivity contribution < 1.29 is 9.59 Å². The Kier molecular flexibility index (Phi) is 4.54. The Morgan fingerprint density at radius 3 is 2.07 bits per heavy atom. The van der Waals surface area contributed by atoms with E-state index in [-0.39, 0.29) is 11.8 Å². The zero-order valence-electron chi connectivity index (χ0n) is 15.1. The number of amides is 2. The summed E-state index contributed by atoms with van der Waals surface area (Å²) >= 11 is 0. The van der Waals surface area contributed by atoms with Gasteiger partial charge in [-0.05, 0) is 31.2 Å². The number of piperazine rings is 1. The first-order valence-corrected chi connectivity index (χ1v) is 8.99. The largest absolute Gasteiger partial charge is 0.335 e. The van der Waals surface area contributed by atoms with E-state index in [0.29, 0.717) is 43.0 Å². The van der Waals surface area contributed by atoms with Crippen LogP contribution in [0.1, 0.15) is 26.4 Å². The van der Waals surface area contributed by atoms with E-state index in [2.05, 4.69) is 9.97 Å². The van der Waals surface area contributed by atoms with Crippen molar-refractivity contribution in [1.82, 2.24) is 19.8 Å². The first-order valence-electron chi connectivity index (χ1n) is 8.99. The SMILES string of the molecule is Cc1ccc(C(=O)N2CCN(C(=O)c3cnc4ccccc4n3)CC2)cc1. The number of nitrogens with zero attached hydrogens (tertiary/aromatic N) is 4. The van der Waals surface area contributed by atoms with Gasteiger partial charge < -0.3 is 9.80 Å². The third-order valence-corrected chi connectivity index (χ3v) is 4.82. The zero-order valence-corrected chi connectivity index (χ0v) is 15.1. The normalized spacial score (nSPS) is 14.4. The van der Waals surface area contributed by atoms with Gasteiger partial charge in [0.05, 0.1) is 17.2 Å². The van der Waals surface area contributed by atoms with E-state index in [1.807, 2.05) is 55.5 Å². The van der Waals surface area contributed by atoms with Crippen molar-refractivity contribution in [2.45, 2.75) is 6.92 Å². The van der Waals surface area contributed by atoms with Crippen molar-refractivity contribution in [3.8, 4) is 0 Å². The van der Waals surface area contributed by atoms with Gasteiger partial charge in [0, 0.05) is 31.7 Å². The number of carbonyl (C=O) groups is 2. The van der Waals surface area contributed by atoms with Crippen molar-refractivity contribution in [2.24, 2.45) is 0 Å². The molecule has 0 N–H and O–H groups in total. The molecule has 0 bridgehead atoms. The summed E-state index contributed by atoms with van der Waals surface area (Å²) in [6, 6.07) is 15.0. The zero-order chi connectivity index (χ0) is 18.8. The van der Waals surface area contributed by atoms with Crippen LogP contribution in [-0.2, 0) is 0 Å². The van der Waals surface area contributed by atoms with E-state index >= 15 is 0 Å². The van der Waals surface area contributed by atoms with Crippen LogP contribution in [0, 0.1) is 6.92 Å². The van der Waals surface area contributed by atoms with Gasteiger partial charge in [0.25, 0.3) is 11.8 Å². The fourth-order valence-corrected chi connectivity index (χ4v) is 3.21. The molecule has 2 aromatic carbocycles. The number of aryl methyl sites for hydroxylation is 1. The van der Waals surface area contributed by atoms with Gasteiger partial charge in [-0.1, -0.05) is 29.8 Å². The number of hydrogen-bond acceptors (Lipinski definition) is 4. The monoisotopic (exact) mass is 360 g/mol. The maximum absolute atomic E-state index is 12.7. The third-order valence-electron chi connectivity index (χ3n) is 4.82. The third kappa shape index (κ3) is 3.51. The van der Waals surface area contributed by atoms with Gasteiger partial charge in [0.2, 0.25) is 0 Å². The van der Waals surface area contributed by atoms with Gasteiger partial charge in [0.1, 0.15) is 5.69 Å². The second kappa shape index (κ2) is 7.15. The van der Waals surface area contributed by atoms with Gasteiger partial charge in [-0.25, -0.2) is 4.98 Å². The number of hydrogen-bond donors (Lipinski definition) is 0. The number of benzene rings is 2. The molecule has 4 rings (SSSR count). The van der Waals surface area contributed by atoms with Crippen molar-refractivity contribution in [3.05, 3.63) is 71.5 Å². The highest BCUT2D eigenvalue weighted by Gasteiger charge is 2.26. The van der Waals surface area contributed by atoms with Gasteiger partial charge in [0.15, 0.2) is 0 Å². The van der Waals surface area contributed by atoms with E-state index in [4.69, 9.17) is 0 Å². The first kappa shape index (κ1) is 17.1. The molecule has 136 valence electrons. The highest BCUT2D eigenvalue weighted by molar-refractivity contribution is 5.95. The molecule has 6 nitrogen and oxygen atoms in total. The van der Waals surface area contributed by atoms with Gasteiger partial charge >= 0.3 is 0 Å².